The minimum absolute atomic E-state index is 0.00315. The molecule has 0 unspecified atom stereocenters. The van der Waals surface area contributed by atoms with E-state index in [9.17, 15) is 4.79 Å². The largest absolute Gasteiger partial charge is 0.335 e. The van der Waals surface area contributed by atoms with Gasteiger partial charge in [0.15, 0.2) is 0 Å². The molecule has 0 spiro atoms. The summed E-state index contributed by atoms with van der Waals surface area (Å²) in [5, 5.41) is 4.44. The van der Waals surface area contributed by atoms with Crippen LogP contribution in [-0.2, 0) is 6.54 Å². The Bertz CT molecular complexity index is 621. The monoisotopic (exact) mass is 300 g/mol. The number of aromatic nitrogens is 3. The fourth-order valence-corrected chi connectivity index (χ4v) is 2.38. The summed E-state index contributed by atoms with van der Waals surface area (Å²) in [4.78, 5) is 18.6. The van der Waals surface area contributed by atoms with Crippen LogP contribution in [0.25, 0.3) is 0 Å². The van der Waals surface area contributed by atoms with E-state index in [2.05, 4.69) is 17.0 Å². The van der Waals surface area contributed by atoms with Crippen molar-refractivity contribution in [3.05, 3.63) is 47.5 Å². The van der Waals surface area contributed by atoms with Gasteiger partial charge in [-0.05, 0) is 31.9 Å². The summed E-state index contributed by atoms with van der Waals surface area (Å²) in [7, 11) is 1.82. The maximum absolute atomic E-state index is 12.7. The second kappa shape index (κ2) is 7.20. The lowest BCUT2D eigenvalue weighted by Crippen LogP contribution is -2.30. The molecule has 22 heavy (non-hydrogen) atoms. The van der Waals surface area contributed by atoms with Crippen molar-refractivity contribution in [1.29, 1.82) is 0 Å². The van der Waals surface area contributed by atoms with Crippen molar-refractivity contribution < 1.29 is 4.79 Å². The minimum Gasteiger partial charge on any atom is -0.335 e. The average molecular weight is 300 g/mol. The van der Waals surface area contributed by atoms with Gasteiger partial charge < -0.3 is 4.90 Å². The predicted molar refractivity (Wildman–Crippen MR) is 86.6 cm³/mol. The van der Waals surface area contributed by atoms with Gasteiger partial charge in [-0.2, -0.15) is 5.10 Å². The molecule has 5 nitrogen and oxygen atoms in total. The van der Waals surface area contributed by atoms with Crippen LogP contribution in [0.1, 0.15) is 54.3 Å². The molecule has 0 fully saturated rings. The first kappa shape index (κ1) is 16.2. The smallest absolute Gasteiger partial charge is 0.257 e. The Balaban J connectivity index is 2.15. The molecule has 2 aromatic rings. The molecule has 2 rings (SSSR count). The number of rotatable bonds is 6. The summed E-state index contributed by atoms with van der Waals surface area (Å²) in [6.07, 6.45) is 7.57. The van der Waals surface area contributed by atoms with E-state index in [0.717, 1.165) is 30.6 Å². The molecule has 0 radical (unpaired) electrons. The lowest BCUT2D eigenvalue weighted by Gasteiger charge is -2.24. The molecule has 0 aliphatic heterocycles. The Morgan fingerprint density at radius 1 is 1.45 bits per heavy atom. The van der Waals surface area contributed by atoms with E-state index < -0.39 is 0 Å². The molecule has 2 heterocycles. The molecule has 5 heteroatoms. The molecule has 1 atom stereocenters. The highest BCUT2D eigenvalue weighted by molar-refractivity contribution is 5.95. The van der Waals surface area contributed by atoms with Crippen molar-refractivity contribution in [1.82, 2.24) is 19.7 Å². The first-order valence-corrected chi connectivity index (χ1v) is 7.75. The van der Waals surface area contributed by atoms with E-state index in [1.807, 2.05) is 43.9 Å². The van der Waals surface area contributed by atoms with Crippen LogP contribution in [-0.4, -0.2) is 32.6 Å². The SMILES string of the molecule is CCCCn1cc(C(=O)N(C)[C@@H](C)c2cccnc2)c(C)n1. The Morgan fingerprint density at radius 2 is 2.23 bits per heavy atom. The van der Waals surface area contributed by atoms with Gasteiger partial charge in [-0.15, -0.1) is 0 Å². The van der Waals surface area contributed by atoms with Gasteiger partial charge in [0.1, 0.15) is 0 Å². The van der Waals surface area contributed by atoms with E-state index in [-0.39, 0.29) is 11.9 Å². The van der Waals surface area contributed by atoms with Crippen LogP contribution in [0.2, 0.25) is 0 Å². The molecular weight excluding hydrogens is 276 g/mol. The summed E-state index contributed by atoms with van der Waals surface area (Å²) < 4.78 is 1.87. The van der Waals surface area contributed by atoms with Crippen molar-refractivity contribution in [2.75, 3.05) is 7.05 Å². The highest BCUT2D eigenvalue weighted by Gasteiger charge is 2.22. The van der Waals surface area contributed by atoms with Crippen molar-refractivity contribution >= 4 is 5.91 Å². The molecule has 0 bridgehead atoms. The van der Waals surface area contributed by atoms with Gasteiger partial charge in [-0.3, -0.25) is 14.5 Å². The Hall–Kier alpha value is -2.17. The third kappa shape index (κ3) is 3.53. The number of amides is 1. The Labute approximate surface area is 132 Å². The number of unbranched alkanes of at least 4 members (excludes halogenated alkanes) is 1. The second-order valence-electron chi connectivity index (χ2n) is 5.62. The second-order valence-corrected chi connectivity index (χ2v) is 5.62. The number of carbonyl (C=O) groups excluding carboxylic acids is 1. The molecule has 1 amide bonds. The predicted octanol–water partition coefficient (Wildman–Crippen LogP) is 3.22. The highest BCUT2D eigenvalue weighted by atomic mass is 16.2. The zero-order chi connectivity index (χ0) is 16.1. The molecule has 0 saturated heterocycles. The minimum atomic E-state index is -0.0282. The molecule has 0 N–H and O–H groups in total. The van der Waals surface area contributed by atoms with Crippen LogP contribution in [0.4, 0.5) is 0 Å². The summed E-state index contributed by atoms with van der Waals surface area (Å²) in [5.74, 6) is -0.00315. The number of carbonyl (C=O) groups is 1. The fourth-order valence-electron chi connectivity index (χ4n) is 2.38. The quantitative estimate of drug-likeness (QED) is 0.823. The highest BCUT2D eigenvalue weighted by Crippen LogP contribution is 2.20. The van der Waals surface area contributed by atoms with E-state index >= 15 is 0 Å². The molecule has 0 aliphatic rings. The van der Waals surface area contributed by atoms with Gasteiger partial charge in [0.2, 0.25) is 0 Å². The number of aryl methyl sites for hydroxylation is 2. The molecule has 0 aliphatic carbocycles. The number of hydrogen-bond donors (Lipinski definition) is 0. The lowest BCUT2D eigenvalue weighted by atomic mass is 10.1. The van der Waals surface area contributed by atoms with Crippen LogP contribution < -0.4 is 0 Å². The van der Waals surface area contributed by atoms with E-state index in [0.29, 0.717) is 5.56 Å². The molecule has 0 aromatic carbocycles. The number of nitrogens with zero attached hydrogens (tertiary/aromatic N) is 4. The third-order valence-electron chi connectivity index (χ3n) is 3.99. The summed E-state index contributed by atoms with van der Waals surface area (Å²) in [6, 6.07) is 3.84. The van der Waals surface area contributed by atoms with Crippen LogP contribution >= 0.6 is 0 Å². The normalized spacial score (nSPS) is 12.2. The van der Waals surface area contributed by atoms with E-state index in [4.69, 9.17) is 0 Å². The molecule has 2 aromatic heterocycles. The van der Waals surface area contributed by atoms with Gasteiger partial charge in [-0.1, -0.05) is 19.4 Å². The summed E-state index contributed by atoms with van der Waals surface area (Å²) in [5.41, 5.74) is 2.48. The van der Waals surface area contributed by atoms with Gasteiger partial charge >= 0.3 is 0 Å². The first-order valence-electron chi connectivity index (χ1n) is 7.75. The third-order valence-corrected chi connectivity index (χ3v) is 3.99. The maximum atomic E-state index is 12.7. The van der Waals surface area contributed by atoms with Gasteiger partial charge in [0.05, 0.1) is 17.3 Å². The summed E-state index contributed by atoms with van der Waals surface area (Å²) in [6.45, 7) is 6.89. The van der Waals surface area contributed by atoms with Crippen molar-refractivity contribution in [3.63, 3.8) is 0 Å². The standard InChI is InChI=1S/C17H24N4O/c1-5-6-10-21-12-16(13(2)19-21)17(22)20(4)14(3)15-8-7-9-18-11-15/h7-9,11-12,14H,5-6,10H2,1-4H3/t14-/m0/s1. The molecule has 0 saturated carbocycles. The van der Waals surface area contributed by atoms with Crippen LogP contribution in [0, 0.1) is 6.92 Å². The average Bonchev–Trinajstić information content (AvgIpc) is 2.92. The van der Waals surface area contributed by atoms with Crippen molar-refractivity contribution in [2.24, 2.45) is 0 Å². The van der Waals surface area contributed by atoms with Crippen LogP contribution in [0.15, 0.2) is 30.7 Å². The fraction of sp³-hybridized carbons (Fsp3) is 0.471. The summed E-state index contributed by atoms with van der Waals surface area (Å²) >= 11 is 0. The van der Waals surface area contributed by atoms with Gasteiger partial charge in [0.25, 0.3) is 5.91 Å². The topological polar surface area (TPSA) is 51.0 Å². The van der Waals surface area contributed by atoms with Gasteiger partial charge in [0, 0.05) is 32.2 Å². The maximum Gasteiger partial charge on any atom is 0.257 e. The van der Waals surface area contributed by atoms with Crippen molar-refractivity contribution in [2.45, 2.75) is 46.2 Å². The van der Waals surface area contributed by atoms with Gasteiger partial charge in [-0.25, -0.2) is 0 Å². The Kier molecular flexibility index (Phi) is 5.31. The van der Waals surface area contributed by atoms with Crippen LogP contribution in [0.5, 0.6) is 0 Å². The number of pyridine rings is 1. The molecular formula is C17H24N4O. The molecule has 118 valence electrons. The Morgan fingerprint density at radius 3 is 2.86 bits per heavy atom. The zero-order valence-corrected chi connectivity index (χ0v) is 13.8. The van der Waals surface area contributed by atoms with Crippen LogP contribution in [0.3, 0.4) is 0 Å². The number of hydrogen-bond acceptors (Lipinski definition) is 3. The van der Waals surface area contributed by atoms with E-state index in [1.54, 1.807) is 17.3 Å². The first-order chi connectivity index (χ1) is 10.5. The lowest BCUT2D eigenvalue weighted by molar-refractivity contribution is 0.0741. The van der Waals surface area contributed by atoms with E-state index in [1.165, 1.54) is 0 Å². The zero-order valence-electron chi connectivity index (χ0n) is 13.8. The van der Waals surface area contributed by atoms with Crippen molar-refractivity contribution in [3.8, 4) is 0 Å².